The Labute approximate surface area is 120 Å². The molecule has 0 radical (unpaired) electrons. The van der Waals surface area contributed by atoms with Crippen LogP contribution in [0.1, 0.15) is 24.2 Å². The monoisotopic (exact) mass is 324 g/mol. The van der Waals surface area contributed by atoms with Crippen LogP contribution >= 0.6 is 15.9 Å². The summed E-state index contributed by atoms with van der Waals surface area (Å²) in [5.74, 6) is 0.381. The predicted molar refractivity (Wildman–Crippen MR) is 75.5 cm³/mol. The average molecular weight is 325 g/mol. The molecule has 0 aliphatic carbocycles. The molecular weight excluding hydrogens is 311 g/mol. The van der Waals surface area contributed by atoms with Gasteiger partial charge in [0, 0.05) is 5.56 Å². The van der Waals surface area contributed by atoms with Crippen LogP contribution in [0, 0.1) is 5.82 Å². The summed E-state index contributed by atoms with van der Waals surface area (Å²) in [6, 6.07) is 12.0. The maximum Gasteiger partial charge on any atom is 0.137 e. The van der Waals surface area contributed by atoms with Crippen LogP contribution in [0.3, 0.4) is 0 Å². The number of ether oxygens (including phenoxy) is 1. The summed E-state index contributed by atoms with van der Waals surface area (Å²) in [5, 5.41) is 9.40. The highest BCUT2D eigenvalue weighted by molar-refractivity contribution is 9.10. The fourth-order valence-electron chi connectivity index (χ4n) is 1.66. The van der Waals surface area contributed by atoms with E-state index in [4.69, 9.17) is 4.74 Å². The standard InChI is InChI=1S/C15H14BrFO2/c1-10(18)11-5-7-13(8-6-11)19-9-12-3-2-4-14(17)15(12)16/h2-8,10,18H,9H2,1H3/t10-/m0/s1. The Kier molecular flexibility index (Phi) is 4.56. The number of hydrogen-bond donors (Lipinski definition) is 1. The third kappa shape index (κ3) is 3.55. The summed E-state index contributed by atoms with van der Waals surface area (Å²) in [6.07, 6.45) is -0.494. The van der Waals surface area contributed by atoms with Crippen molar-refractivity contribution in [2.75, 3.05) is 0 Å². The maximum atomic E-state index is 13.3. The molecule has 0 spiro atoms. The van der Waals surface area contributed by atoms with Gasteiger partial charge in [-0.3, -0.25) is 0 Å². The highest BCUT2D eigenvalue weighted by Gasteiger charge is 2.06. The molecule has 2 aromatic carbocycles. The van der Waals surface area contributed by atoms with Crippen molar-refractivity contribution in [2.45, 2.75) is 19.6 Å². The van der Waals surface area contributed by atoms with E-state index in [0.717, 1.165) is 11.1 Å². The summed E-state index contributed by atoms with van der Waals surface area (Å²) in [5.41, 5.74) is 1.58. The lowest BCUT2D eigenvalue weighted by atomic mass is 10.1. The Morgan fingerprint density at radius 3 is 2.53 bits per heavy atom. The predicted octanol–water partition coefficient (Wildman–Crippen LogP) is 4.22. The number of hydrogen-bond acceptors (Lipinski definition) is 2. The molecular formula is C15H14BrFO2. The van der Waals surface area contributed by atoms with E-state index in [1.54, 1.807) is 43.3 Å². The number of aliphatic hydroxyl groups is 1. The minimum absolute atomic E-state index is 0.284. The van der Waals surface area contributed by atoms with Crippen molar-refractivity contribution in [2.24, 2.45) is 0 Å². The average Bonchev–Trinajstić information content (AvgIpc) is 2.41. The molecule has 19 heavy (non-hydrogen) atoms. The smallest absolute Gasteiger partial charge is 0.137 e. The summed E-state index contributed by atoms with van der Waals surface area (Å²) < 4.78 is 19.3. The van der Waals surface area contributed by atoms with Gasteiger partial charge in [0.15, 0.2) is 0 Å². The zero-order chi connectivity index (χ0) is 13.8. The van der Waals surface area contributed by atoms with Crippen LogP contribution in [-0.4, -0.2) is 5.11 Å². The van der Waals surface area contributed by atoms with Gasteiger partial charge < -0.3 is 9.84 Å². The Hall–Kier alpha value is -1.39. The van der Waals surface area contributed by atoms with Crippen LogP contribution in [0.4, 0.5) is 4.39 Å². The molecule has 0 amide bonds. The first-order valence-electron chi connectivity index (χ1n) is 5.91. The minimum atomic E-state index is -0.494. The third-order valence-electron chi connectivity index (χ3n) is 2.79. The molecule has 2 rings (SSSR count). The topological polar surface area (TPSA) is 29.5 Å². The third-order valence-corrected chi connectivity index (χ3v) is 3.68. The van der Waals surface area contributed by atoms with Crippen LogP contribution in [0.25, 0.3) is 0 Å². The molecule has 0 heterocycles. The Morgan fingerprint density at radius 1 is 1.21 bits per heavy atom. The van der Waals surface area contributed by atoms with Crippen molar-refractivity contribution in [1.29, 1.82) is 0 Å². The summed E-state index contributed by atoms with van der Waals surface area (Å²) in [7, 11) is 0. The molecule has 0 aliphatic heterocycles. The van der Waals surface area contributed by atoms with Gasteiger partial charge in [0.05, 0.1) is 10.6 Å². The van der Waals surface area contributed by atoms with Crippen LogP contribution in [0.2, 0.25) is 0 Å². The van der Waals surface area contributed by atoms with E-state index in [0.29, 0.717) is 10.2 Å². The van der Waals surface area contributed by atoms with Crippen molar-refractivity contribution < 1.29 is 14.2 Å². The second-order valence-corrected chi connectivity index (χ2v) is 5.04. The molecule has 0 aliphatic rings. The van der Waals surface area contributed by atoms with Crippen molar-refractivity contribution in [3.8, 4) is 5.75 Å². The van der Waals surface area contributed by atoms with E-state index in [9.17, 15) is 9.50 Å². The largest absolute Gasteiger partial charge is 0.489 e. The molecule has 0 saturated carbocycles. The molecule has 1 atom stereocenters. The number of benzene rings is 2. The quantitative estimate of drug-likeness (QED) is 0.912. The SMILES string of the molecule is C[C@H](O)c1ccc(OCc2cccc(F)c2Br)cc1. The van der Waals surface area contributed by atoms with Crippen LogP contribution in [0.5, 0.6) is 5.75 Å². The molecule has 2 nitrogen and oxygen atoms in total. The first-order valence-corrected chi connectivity index (χ1v) is 6.71. The highest BCUT2D eigenvalue weighted by atomic mass is 79.9. The first kappa shape index (κ1) is 14.0. The Bertz CT molecular complexity index is 553. The molecule has 0 fully saturated rings. The van der Waals surface area contributed by atoms with Crippen molar-refractivity contribution in [3.63, 3.8) is 0 Å². The van der Waals surface area contributed by atoms with Gasteiger partial charge >= 0.3 is 0 Å². The molecule has 2 aromatic rings. The van der Waals surface area contributed by atoms with Crippen molar-refractivity contribution in [1.82, 2.24) is 0 Å². The van der Waals surface area contributed by atoms with E-state index in [-0.39, 0.29) is 12.4 Å². The van der Waals surface area contributed by atoms with Gasteiger partial charge in [-0.25, -0.2) is 4.39 Å². The lowest BCUT2D eigenvalue weighted by molar-refractivity contribution is 0.199. The molecule has 1 N–H and O–H groups in total. The molecule has 100 valence electrons. The lowest BCUT2D eigenvalue weighted by Crippen LogP contribution is -1.98. The second kappa shape index (κ2) is 6.17. The summed E-state index contributed by atoms with van der Waals surface area (Å²) in [4.78, 5) is 0. The van der Waals surface area contributed by atoms with Gasteiger partial charge in [0.2, 0.25) is 0 Å². The number of rotatable bonds is 4. The summed E-state index contributed by atoms with van der Waals surface area (Å²) >= 11 is 3.20. The molecule has 0 saturated heterocycles. The highest BCUT2D eigenvalue weighted by Crippen LogP contribution is 2.23. The van der Waals surface area contributed by atoms with Gasteiger partial charge in [0.25, 0.3) is 0 Å². The lowest BCUT2D eigenvalue weighted by Gasteiger charge is -2.10. The minimum Gasteiger partial charge on any atom is -0.489 e. The zero-order valence-corrected chi connectivity index (χ0v) is 12.0. The fraction of sp³-hybridized carbons (Fsp3) is 0.200. The Morgan fingerprint density at radius 2 is 1.89 bits per heavy atom. The second-order valence-electron chi connectivity index (χ2n) is 4.25. The van der Waals surface area contributed by atoms with Gasteiger partial charge in [0.1, 0.15) is 18.2 Å². The van der Waals surface area contributed by atoms with Crippen molar-refractivity contribution in [3.05, 3.63) is 63.9 Å². The number of halogens is 2. The Balaban J connectivity index is 2.04. The van der Waals surface area contributed by atoms with Crippen LogP contribution in [0.15, 0.2) is 46.9 Å². The fourth-order valence-corrected chi connectivity index (χ4v) is 2.04. The van der Waals surface area contributed by atoms with E-state index < -0.39 is 6.10 Å². The van der Waals surface area contributed by atoms with E-state index >= 15 is 0 Å². The van der Waals surface area contributed by atoms with Gasteiger partial charge in [-0.2, -0.15) is 0 Å². The van der Waals surface area contributed by atoms with E-state index in [1.807, 2.05) is 0 Å². The zero-order valence-electron chi connectivity index (χ0n) is 10.4. The molecule has 0 unspecified atom stereocenters. The molecule has 0 aromatic heterocycles. The van der Waals surface area contributed by atoms with Crippen LogP contribution < -0.4 is 4.74 Å². The van der Waals surface area contributed by atoms with Crippen LogP contribution in [-0.2, 0) is 6.61 Å². The van der Waals surface area contributed by atoms with Gasteiger partial charge in [-0.15, -0.1) is 0 Å². The first-order chi connectivity index (χ1) is 9.08. The van der Waals surface area contributed by atoms with Gasteiger partial charge in [-0.1, -0.05) is 24.3 Å². The normalized spacial score (nSPS) is 12.2. The summed E-state index contributed by atoms with van der Waals surface area (Å²) in [6.45, 7) is 1.99. The maximum absolute atomic E-state index is 13.3. The van der Waals surface area contributed by atoms with Crippen molar-refractivity contribution >= 4 is 15.9 Å². The number of aliphatic hydroxyl groups excluding tert-OH is 1. The van der Waals surface area contributed by atoms with E-state index in [1.165, 1.54) is 6.07 Å². The van der Waals surface area contributed by atoms with E-state index in [2.05, 4.69) is 15.9 Å². The molecule has 4 heteroatoms. The van der Waals surface area contributed by atoms with Gasteiger partial charge in [-0.05, 0) is 46.6 Å². The molecule has 0 bridgehead atoms.